The van der Waals surface area contributed by atoms with E-state index in [0.29, 0.717) is 19.4 Å². The van der Waals surface area contributed by atoms with Crippen molar-refractivity contribution in [2.45, 2.75) is 19.3 Å². The molecule has 1 saturated heterocycles. The summed E-state index contributed by atoms with van der Waals surface area (Å²) in [5, 5.41) is 5.95. The van der Waals surface area contributed by atoms with Gasteiger partial charge in [0.2, 0.25) is 5.91 Å². The largest absolute Gasteiger partial charge is 0.469 e. The van der Waals surface area contributed by atoms with Gasteiger partial charge >= 0.3 is 5.97 Å². The van der Waals surface area contributed by atoms with Crippen molar-refractivity contribution in [3.05, 3.63) is 0 Å². The molecule has 0 radical (unpaired) electrons. The summed E-state index contributed by atoms with van der Waals surface area (Å²) in [5.41, 5.74) is 0. The maximum Gasteiger partial charge on any atom is 0.305 e. The van der Waals surface area contributed by atoms with Gasteiger partial charge in [0.25, 0.3) is 0 Å². The van der Waals surface area contributed by atoms with Gasteiger partial charge in [0.05, 0.1) is 13.0 Å². The third kappa shape index (κ3) is 4.29. The average Bonchev–Trinajstić information content (AvgIpc) is 2.77. The summed E-state index contributed by atoms with van der Waals surface area (Å²) in [7, 11) is 1.37. The Bertz CT molecular complexity index is 225. The molecule has 15 heavy (non-hydrogen) atoms. The second-order valence-corrected chi connectivity index (χ2v) is 3.66. The Balaban J connectivity index is 2.04. The fourth-order valence-corrected chi connectivity index (χ4v) is 1.57. The normalized spacial score (nSPS) is 19.9. The molecule has 0 bridgehead atoms. The van der Waals surface area contributed by atoms with Crippen molar-refractivity contribution < 1.29 is 14.3 Å². The predicted octanol–water partition coefficient (Wildman–Crippen LogP) is -0.335. The fourth-order valence-electron chi connectivity index (χ4n) is 1.57. The summed E-state index contributed by atoms with van der Waals surface area (Å²) >= 11 is 0. The summed E-state index contributed by atoms with van der Waals surface area (Å²) < 4.78 is 4.50. The third-order valence-corrected chi connectivity index (χ3v) is 2.52. The minimum absolute atomic E-state index is 0.0878. The van der Waals surface area contributed by atoms with E-state index in [4.69, 9.17) is 0 Å². The van der Waals surface area contributed by atoms with Gasteiger partial charge in [-0.25, -0.2) is 0 Å². The molecule has 1 unspecified atom stereocenters. The SMILES string of the molecule is COC(=O)CCCNC(=O)C1CCNC1. The van der Waals surface area contributed by atoms with Crippen LogP contribution in [0.3, 0.4) is 0 Å². The maximum absolute atomic E-state index is 11.5. The summed E-state index contributed by atoms with van der Waals surface area (Å²) in [6, 6.07) is 0. The molecular weight excluding hydrogens is 196 g/mol. The molecule has 1 aliphatic heterocycles. The Morgan fingerprint density at radius 3 is 2.93 bits per heavy atom. The van der Waals surface area contributed by atoms with Crippen LogP contribution in [0.2, 0.25) is 0 Å². The zero-order chi connectivity index (χ0) is 11.1. The highest BCUT2D eigenvalue weighted by molar-refractivity contribution is 5.79. The summed E-state index contributed by atoms with van der Waals surface area (Å²) in [6.45, 7) is 2.23. The van der Waals surface area contributed by atoms with Crippen molar-refractivity contribution in [3.8, 4) is 0 Å². The summed E-state index contributed by atoms with van der Waals surface area (Å²) in [6.07, 6.45) is 1.90. The van der Waals surface area contributed by atoms with Crippen LogP contribution < -0.4 is 10.6 Å². The molecule has 86 valence electrons. The van der Waals surface area contributed by atoms with Gasteiger partial charge < -0.3 is 15.4 Å². The van der Waals surface area contributed by atoms with Gasteiger partial charge in [0, 0.05) is 19.5 Å². The first-order valence-electron chi connectivity index (χ1n) is 5.29. The van der Waals surface area contributed by atoms with Gasteiger partial charge in [-0.05, 0) is 19.4 Å². The van der Waals surface area contributed by atoms with Crippen molar-refractivity contribution in [1.29, 1.82) is 0 Å². The molecule has 1 heterocycles. The van der Waals surface area contributed by atoms with Crippen LogP contribution in [-0.4, -0.2) is 38.6 Å². The quantitative estimate of drug-likeness (QED) is 0.485. The van der Waals surface area contributed by atoms with Gasteiger partial charge in [-0.15, -0.1) is 0 Å². The van der Waals surface area contributed by atoms with Crippen molar-refractivity contribution in [3.63, 3.8) is 0 Å². The number of esters is 1. The lowest BCUT2D eigenvalue weighted by Gasteiger charge is -2.09. The zero-order valence-corrected chi connectivity index (χ0v) is 9.04. The first-order valence-corrected chi connectivity index (χ1v) is 5.29. The molecule has 0 spiro atoms. The van der Waals surface area contributed by atoms with Crippen LogP contribution in [-0.2, 0) is 14.3 Å². The van der Waals surface area contributed by atoms with Crippen LogP contribution >= 0.6 is 0 Å². The number of nitrogens with one attached hydrogen (secondary N) is 2. The Labute approximate surface area is 89.6 Å². The number of carbonyl (C=O) groups is 2. The Kier molecular flexibility index (Phi) is 5.10. The van der Waals surface area contributed by atoms with E-state index in [0.717, 1.165) is 19.5 Å². The van der Waals surface area contributed by atoms with Gasteiger partial charge in [-0.3, -0.25) is 9.59 Å². The highest BCUT2D eigenvalue weighted by atomic mass is 16.5. The van der Waals surface area contributed by atoms with Gasteiger partial charge in [0.1, 0.15) is 0 Å². The van der Waals surface area contributed by atoms with Crippen molar-refractivity contribution in [2.24, 2.45) is 5.92 Å². The number of carbonyl (C=O) groups excluding carboxylic acids is 2. The number of ether oxygens (including phenoxy) is 1. The maximum atomic E-state index is 11.5. The molecule has 0 saturated carbocycles. The van der Waals surface area contributed by atoms with E-state index < -0.39 is 0 Å². The van der Waals surface area contributed by atoms with E-state index in [1.54, 1.807) is 0 Å². The lowest BCUT2D eigenvalue weighted by molar-refractivity contribution is -0.140. The average molecular weight is 214 g/mol. The summed E-state index contributed by atoms with van der Waals surface area (Å²) in [4.78, 5) is 22.3. The topological polar surface area (TPSA) is 67.4 Å². The van der Waals surface area contributed by atoms with E-state index in [1.165, 1.54) is 7.11 Å². The van der Waals surface area contributed by atoms with Crippen molar-refractivity contribution >= 4 is 11.9 Å². The molecule has 1 rings (SSSR count). The zero-order valence-electron chi connectivity index (χ0n) is 9.04. The van der Waals surface area contributed by atoms with E-state index in [-0.39, 0.29) is 17.8 Å². The molecule has 1 atom stereocenters. The lowest BCUT2D eigenvalue weighted by atomic mass is 10.1. The lowest BCUT2D eigenvalue weighted by Crippen LogP contribution is -2.32. The van der Waals surface area contributed by atoms with E-state index in [9.17, 15) is 9.59 Å². The minimum Gasteiger partial charge on any atom is -0.469 e. The van der Waals surface area contributed by atoms with Gasteiger partial charge in [0.15, 0.2) is 0 Å². The number of methoxy groups -OCH3 is 1. The van der Waals surface area contributed by atoms with Crippen LogP contribution in [0.15, 0.2) is 0 Å². The molecule has 0 aromatic rings. The molecule has 5 nitrogen and oxygen atoms in total. The fraction of sp³-hybridized carbons (Fsp3) is 0.800. The number of rotatable bonds is 5. The number of hydrogen-bond acceptors (Lipinski definition) is 4. The van der Waals surface area contributed by atoms with Gasteiger partial charge in [-0.2, -0.15) is 0 Å². The third-order valence-electron chi connectivity index (χ3n) is 2.52. The van der Waals surface area contributed by atoms with Crippen LogP contribution in [0.5, 0.6) is 0 Å². The first-order chi connectivity index (χ1) is 7.24. The smallest absolute Gasteiger partial charge is 0.305 e. The molecule has 0 aliphatic carbocycles. The molecule has 1 amide bonds. The second-order valence-electron chi connectivity index (χ2n) is 3.66. The van der Waals surface area contributed by atoms with E-state index in [2.05, 4.69) is 15.4 Å². The number of amides is 1. The second kappa shape index (κ2) is 6.40. The van der Waals surface area contributed by atoms with Crippen LogP contribution in [0.25, 0.3) is 0 Å². The Morgan fingerprint density at radius 2 is 2.33 bits per heavy atom. The monoisotopic (exact) mass is 214 g/mol. The predicted molar refractivity (Wildman–Crippen MR) is 55.2 cm³/mol. The van der Waals surface area contributed by atoms with E-state index in [1.807, 2.05) is 0 Å². The van der Waals surface area contributed by atoms with Gasteiger partial charge in [-0.1, -0.05) is 0 Å². The van der Waals surface area contributed by atoms with Crippen molar-refractivity contribution in [2.75, 3.05) is 26.7 Å². The Morgan fingerprint density at radius 1 is 1.53 bits per heavy atom. The molecule has 5 heteroatoms. The van der Waals surface area contributed by atoms with Crippen LogP contribution in [0, 0.1) is 5.92 Å². The molecule has 0 aromatic heterocycles. The standard InChI is InChI=1S/C10H18N2O3/c1-15-9(13)3-2-5-12-10(14)8-4-6-11-7-8/h8,11H,2-7H2,1H3,(H,12,14). The molecule has 0 aromatic carbocycles. The molecule has 1 aliphatic rings. The summed E-state index contributed by atoms with van der Waals surface area (Å²) in [5.74, 6) is -0.0419. The highest BCUT2D eigenvalue weighted by Crippen LogP contribution is 2.06. The Hall–Kier alpha value is -1.10. The van der Waals surface area contributed by atoms with E-state index >= 15 is 0 Å². The first kappa shape index (κ1) is 12.0. The number of hydrogen-bond donors (Lipinski definition) is 2. The van der Waals surface area contributed by atoms with Crippen LogP contribution in [0.4, 0.5) is 0 Å². The minimum atomic E-state index is -0.230. The molecule has 1 fully saturated rings. The van der Waals surface area contributed by atoms with Crippen molar-refractivity contribution in [1.82, 2.24) is 10.6 Å². The molecule has 2 N–H and O–H groups in total. The van der Waals surface area contributed by atoms with Crippen LogP contribution in [0.1, 0.15) is 19.3 Å². The highest BCUT2D eigenvalue weighted by Gasteiger charge is 2.21. The molecular formula is C10H18N2O3.